The number of phenols is 2. The first-order chi connectivity index (χ1) is 19.3. The molecule has 0 unspecified atom stereocenters. The number of ether oxygens (including phenoxy) is 3. The highest BCUT2D eigenvalue weighted by atomic mass is 16.7. The summed E-state index contributed by atoms with van der Waals surface area (Å²) >= 11 is 0. The normalized spacial score (nSPS) is 29.7. The van der Waals surface area contributed by atoms with Crippen LogP contribution < -0.4 is 10.1 Å². The average Bonchev–Trinajstić information content (AvgIpc) is 2.91. The Morgan fingerprint density at radius 1 is 1.15 bits per heavy atom. The number of phenolic OH excluding ortho intramolecular Hbond substituents is 2. The Morgan fingerprint density at radius 3 is 2.46 bits per heavy atom. The molecule has 3 aliphatic rings. The first-order valence-corrected chi connectivity index (χ1v) is 13.3. The Morgan fingerprint density at radius 2 is 1.83 bits per heavy atom. The molecular formula is C29H33NO11. The van der Waals surface area contributed by atoms with Crippen molar-refractivity contribution in [2.45, 2.75) is 82.4 Å². The molecule has 12 heteroatoms. The molecule has 1 heterocycles. The Labute approximate surface area is 235 Å². The molecule has 0 radical (unpaired) electrons. The van der Waals surface area contributed by atoms with Crippen LogP contribution in [0.15, 0.2) is 18.2 Å². The molecule has 6 N–H and O–H groups in total. The number of carbonyl (C=O) groups excluding carboxylic acids is 3. The van der Waals surface area contributed by atoms with E-state index in [4.69, 9.17) is 14.2 Å². The highest BCUT2D eigenvalue weighted by molar-refractivity contribution is 6.31. The van der Waals surface area contributed by atoms with Crippen LogP contribution in [0.25, 0.3) is 0 Å². The fraction of sp³-hybridized carbons (Fsp3) is 0.483. The quantitative estimate of drug-likeness (QED) is 0.239. The van der Waals surface area contributed by atoms with Gasteiger partial charge in [0.1, 0.15) is 23.4 Å². The minimum Gasteiger partial charge on any atom is -0.507 e. The second-order valence-corrected chi connectivity index (χ2v) is 11.0. The lowest BCUT2D eigenvalue weighted by atomic mass is 9.71. The van der Waals surface area contributed by atoms with Gasteiger partial charge in [-0.05, 0) is 19.9 Å². The largest absolute Gasteiger partial charge is 0.507 e. The molecule has 12 nitrogen and oxygen atoms in total. The number of aliphatic hydroxyl groups excluding tert-OH is 2. The first kappa shape index (κ1) is 29.0. The third-order valence-electron chi connectivity index (χ3n) is 8.29. The van der Waals surface area contributed by atoms with Crippen molar-refractivity contribution in [3.8, 4) is 17.2 Å². The number of benzene rings is 2. The van der Waals surface area contributed by atoms with Gasteiger partial charge in [-0.15, -0.1) is 0 Å². The van der Waals surface area contributed by atoms with Gasteiger partial charge in [0.05, 0.1) is 53.8 Å². The molecule has 1 amide bonds. The fourth-order valence-electron chi connectivity index (χ4n) is 6.11. The Hall–Kier alpha value is -3.55. The summed E-state index contributed by atoms with van der Waals surface area (Å²) in [6, 6.07) is 3.71. The van der Waals surface area contributed by atoms with Crippen LogP contribution in [-0.4, -0.2) is 86.4 Å². The van der Waals surface area contributed by atoms with Crippen LogP contribution in [0, 0.1) is 0 Å². The van der Waals surface area contributed by atoms with E-state index in [-0.39, 0.29) is 53.2 Å². The van der Waals surface area contributed by atoms with E-state index in [1.807, 2.05) is 0 Å². The topological polar surface area (TPSA) is 192 Å². The summed E-state index contributed by atoms with van der Waals surface area (Å²) in [4.78, 5) is 39.0. The number of ketones is 2. The number of aromatic hydroxyl groups is 2. The molecule has 1 saturated heterocycles. The lowest BCUT2D eigenvalue weighted by Crippen LogP contribution is -2.55. The number of nitrogens with one attached hydrogen (secondary N) is 1. The summed E-state index contributed by atoms with van der Waals surface area (Å²) in [6.07, 6.45) is -6.03. The summed E-state index contributed by atoms with van der Waals surface area (Å²) in [7, 11) is 1.34. The van der Waals surface area contributed by atoms with E-state index < -0.39 is 76.5 Å². The minimum atomic E-state index is -1.85. The summed E-state index contributed by atoms with van der Waals surface area (Å²) in [5.41, 5.74) is -2.87. The number of carbonyl (C=O) groups is 3. The number of hydrogen-bond acceptors (Lipinski definition) is 11. The highest BCUT2D eigenvalue weighted by Crippen LogP contribution is 2.52. The third-order valence-corrected chi connectivity index (χ3v) is 8.29. The smallest absolute Gasteiger partial charge is 0.217 e. The van der Waals surface area contributed by atoms with Crippen molar-refractivity contribution in [3.05, 3.63) is 51.6 Å². The summed E-state index contributed by atoms with van der Waals surface area (Å²) in [5, 5.41) is 58.0. The van der Waals surface area contributed by atoms with Gasteiger partial charge in [-0.3, -0.25) is 14.4 Å². The van der Waals surface area contributed by atoms with E-state index in [0.29, 0.717) is 0 Å². The minimum absolute atomic E-state index is 0.00367. The molecule has 0 bridgehead atoms. The summed E-state index contributed by atoms with van der Waals surface area (Å²) < 4.78 is 17.3. The Kier molecular flexibility index (Phi) is 7.33. The van der Waals surface area contributed by atoms with E-state index in [1.165, 1.54) is 39.2 Å². The number of hydrogen-bond donors (Lipinski definition) is 6. The lowest BCUT2D eigenvalue weighted by molar-refractivity contribution is -0.252. The predicted octanol–water partition coefficient (Wildman–Crippen LogP) is 0.998. The van der Waals surface area contributed by atoms with Crippen molar-refractivity contribution in [2.24, 2.45) is 0 Å². The molecule has 41 heavy (non-hydrogen) atoms. The van der Waals surface area contributed by atoms with Crippen molar-refractivity contribution in [1.82, 2.24) is 5.32 Å². The monoisotopic (exact) mass is 571 g/mol. The molecule has 7 atom stereocenters. The molecule has 220 valence electrons. The molecule has 5 rings (SSSR count). The van der Waals surface area contributed by atoms with Crippen LogP contribution in [0.1, 0.15) is 82.7 Å². The number of methoxy groups -OCH3 is 1. The maximum atomic E-state index is 13.7. The predicted molar refractivity (Wildman–Crippen MR) is 141 cm³/mol. The number of aliphatic hydroxyl groups is 3. The molecule has 0 aromatic heterocycles. The molecule has 1 aliphatic heterocycles. The molecular weight excluding hydrogens is 538 g/mol. The molecule has 1 fully saturated rings. The van der Waals surface area contributed by atoms with Gasteiger partial charge in [-0.25, -0.2) is 0 Å². The van der Waals surface area contributed by atoms with E-state index >= 15 is 0 Å². The van der Waals surface area contributed by atoms with Crippen molar-refractivity contribution in [3.63, 3.8) is 0 Å². The van der Waals surface area contributed by atoms with Gasteiger partial charge in [0, 0.05) is 42.9 Å². The number of rotatable bonds is 5. The van der Waals surface area contributed by atoms with Gasteiger partial charge in [0.15, 0.2) is 12.1 Å². The molecule has 2 aliphatic carbocycles. The molecule has 2 aromatic rings. The third kappa shape index (κ3) is 4.65. The van der Waals surface area contributed by atoms with Gasteiger partial charge >= 0.3 is 0 Å². The van der Waals surface area contributed by atoms with E-state index in [1.54, 1.807) is 6.92 Å². The van der Waals surface area contributed by atoms with Crippen LogP contribution in [-0.2, 0) is 20.7 Å². The van der Waals surface area contributed by atoms with Crippen LogP contribution in [0.3, 0.4) is 0 Å². The number of fused-ring (bicyclic) bond motifs is 3. The van der Waals surface area contributed by atoms with Gasteiger partial charge < -0.3 is 45.1 Å². The maximum Gasteiger partial charge on any atom is 0.217 e. The first-order valence-electron chi connectivity index (χ1n) is 13.3. The van der Waals surface area contributed by atoms with E-state index in [2.05, 4.69) is 5.32 Å². The zero-order valence-corrected chi connectivity index (χ0v) is 23.0. The Bertz CT molecular complexity index is 1440. The van der Waals surface area contributed by atoms with Crippen molar-refractivity contribution < 1.29 is 54.1 Å². The molecule has 0 spiro atoms. The fourth-order valence-corrected chi connectivity index (χ4v) is 6.11. The Balaban J connectivity index is 1.64. The van der Waals surface area contributed by atoms with Gasteiger partial charge in [-0.2, -0.15) is 0 Å². The SMILES string of the molecule is COc1cccc2c1C(=O)c1c(O)c3c(c(O)c1C2=O)C[C@](O)([C@H](C)O)C[C@@H]3O[C@@H]1C[C@H](NC(C)=O)[C@@H](O)[C@H](C)O1. The van der Waals surface area contributed by atoms with Crippen LogP contribution in [0.2, 0.25) is 0 Å². The van der Waals surface area contributed by atoms with Crippen molar-refractivity contribution >= 4 is 17.5 Å². The van der Waals surface area contributed by atoms with Crippen molar-refractivity contribution in [2.75, 3.05) is 7.11 Å². The zero-order chi connectivity index (χ0) is 30.0. The molecule has 0 saturated carbocycles. The van der Waals surface area contributed by atoms with E-state index in [9.17, 15) is 39.9 Å². The maximum absolute atomic E-state index is 13.7. The summed E-state index contributed by atoms with van der Waals surface area (Å²) in [5.74, 6) is -2.94. The lowest BCUT2D eigenvalue weighted by Gasteiger charge is -2.44. The van der Waals surface area contributed by atoms with Gasteiger partial charge in [-0.1, -0.05) is 12.1 Å². The second kappa shape index (κ2) is 10.4. The van der Waals surface area contributed by atoms with Gasteiger partial charge in [0.25, 0.3) is 0 Å². The van der Waals surface area contributed by atoms with Gasteiger partial charge in [0.2, 0.25) is 11.7 Å². The average molecular weight is 572 g/mol. The van der Waals surface area contributed by atoms with Crippen LogP contribution in [0.5, 0.6) is 17.2 Å². The van der Waals surface area contributed by atoms with E-state index in [0.717, 1.165) is 0 Å². The molecule has 2 aromatic carbocycles. The standard InChI is InChI=1S/C29H33NO11/c1-11-24(33)16(30-13(3)32)8-19(40-11)41-18-10-29(38,12(2)31)9-15-21(18)28(37)23-22(26(15)35)25(34)14-6-5-7-17(39-4)20(14)27(23)36/h5-7,11-12,16,18-19,24,31,33,35,37-38H,8-10H2,1-4H3,(H,30,32)/t11-,12-,16-,18-,19+,24-,29+/m0/s1. The van der Waals surface area contributed by atoms with Crippen LogP contribution in [0.4, 0.5) is 0 Å². The zero-order valence-electron chi connectivity index (χ0n) is 23.0. The number of amides is 1. The second-order valence-electron chi connectivity index (χ2n) is 11.0. The van der Waals surface area contributed by atoms with Crippen LogP contribution >= 0.6 is 0 Å². The highest BCUT2D eigenvalue weighted by Gasteiger charge is 2.49. The van der Waals surface area contributed by atoms with Crippen molar-refractivity contribution in [1.29, 1.82) is 0 Å². The summed E-state index contributed by atoms with van der Waals surface area (Å²) in [6.45, 7) is 4.25.